The van der Waals surface area contributed by atoms with Gasteiger partial charge in [-0.2, -0.15) is 0 Å². The first-order valence-corrected chi connectivity index (χ1v) is 11.7. The highest BCUT2D eigenvalue weighted by Crippen LogP contribution is 2.31. The van der Waals surface area contributed by atoms with Crippen LogP contribution in [0.2, 0.25) is 5.02 Å². The second kappa shape index (κ2) is 9.10. The standard InChI is InChI=1S/C23H21ClN2O5S/c1-26(15-16-8-9-21-22(12-16)31-11-10-30-21)23(27)17-4-2-7-20(13-17)32(28,29)25-19-6-3-5-18(24)14-19/h2-9,12-14,25H,10-11,15H2,1H3. The molecule has 0 saturated carbocycles. The number of hydrogen-bond donors (Lipinski definition) is 1. The third-order valence-electron chi connectivity index (χ3n) is 4.84. The number of rotatable bonds is 6. The summed E-state index contributed by atoms with van der Waals surface area (Å²) in [6.07, 6.45) is 0. The second-order valence-electron chi connectivity index (χ2n) is 7.28. The van der Waals surface area contributed by atoms with Gasteiger partial charge in [-0.3, -0.25) is 9.52 Å². The molecule has 0 aromatic heterocycles. The van der Waals surface area contributed by atoms with E-state index in [1.54, 1.807) is 31.3 Å². The molecule has 0 saturated heterocycles. The lowest BCUT2D eigenvalue weighted by Crippen LogP contribution is -2.26. The first kappa shape index (κ1) is 22.0. The molecule has 0 atom stereocenters. The summed E-state index contributed by atoms with van der Waals surface area (Å²) in [5.41, 5.74) is 1.47. The quantitative estimate of drug-likeness (QED) is 0.581. The minimum Gasteiger partial charge on any atom is -0.486 e. The highest BCUT2D eigenvalue weighted by Gasteiger charge is 2.19. The molecule has 3 aromatic carbocycles. The first-order valence-electron chi connectivity index (χ1n) is 9.84. The number of sulfonamides is 1. The molecule has 1 heterocycles. The van der Waals surface area contributed by atoms with Crippen LogP contribution in [0.5, 0.6) is 11.5 Å². The van der Waals surface area contributed by atoms with E-state index in [1.165, 1.54) is 29.2 Å². The molecule has 0 fully saturated rings. The number of nitrogens with zero attached hydrogens (tertiary/aromatic N) is 1. The smallest absolute Gasteiger partial charge is 0.261 e. The van der Waals surface area contributed by atoms with Gasteiger partial charge in [0.25, 0.3) is 15.9 Å². The Hall–Kier alpha value is -3.23. The van der Waals surface area contributed by atoms with Crippen molar-refractivity contribution in [3.8, 4) is 11.5 Å². The Morgan fingerprint density at radius 2 is 1.75 bits per heavy atom. The predicted octanol–water partition coefficient (Wildman–Crippen LogP) is 4.18. The lowest BCUT2D eigenvalue weighted by molar-refractivity contribution is 0.0784. The molecule has 1 N–H and O–H groups in total. The van der Waals surface area contributed by atoms with Gasteiger partial charge in [-0.25, -0.2) is 8.42 Å². The monoisotopic (exact) mass is 472 g/mol. The van der Waals surface area contributed by atoms with Gasteiger partial charge < -0.3 is 14.4 Å². The van der Waals surface area contributed by atoms with Crippen LogP contribution in [0.15, 0.2) is 71.6 Å². The van der Waals surface area contributed by atoms with Gasteiger partial charge in [0.05, 0.1) is 10.6 Å². The van der Waals surface area contributed by atoms with Crippen molar-refractivity contribution in [3.63, 3.8) is 0 Å². The van der Waals surface area contributed by atoms with Crippen LogP contribution in [-0.4, -0.2) is 39.5 Å². The summed E-state index contributed by atoms with van der Waals surface area (Å²) in [7, 11) is -2.23. The zero-order chi connectivity index (χ0) is 22.7. The van der Waals surface area contributed by atoms with E-state index in [0.29, 0.717) is 42.0 Å². The van der Waals surface area contributed by atoms with Crippen LogP contribution in [0, 0.1) is 0 Å². The Bertz CT molecular complexity index is 1260. The SMILES string of the molecule is CN(Cc1ccc2c(c1)OCCO2)C(=O)c1cccc(S(=O)(=O)Nc2cccc(Cl)c2)c1. The largest absolute Gasteiger partial charge is 0.486 e. The Morgan fingerprint density at radius 1 is 1.00 bits per heavy atom. The third kappa shape index (κ3) is 4.98. The number of carbonyl (C=O) groups excluding carboxylic acids is 1. The Balaban J connectivity index is 1.50. The van der Waals surface area contributed by atoms with E-state index in [1.807, 2.05) is 18.2 Å². The predicted molar refractivity (Wildman–Crippen MR) is 122 cm³/mol. The fourth-order valence-electron chi connectivity index (χ4n) is 3.31. The van der Waals surface area contributed by atoms with E-state index in [-0.39, 0.29) is 16.4 Å². The highest BCUT2D eigenvalue weighted by atomic mass is 35.5. The van der Waals surface area contributed by atoms with E-state index >= 15 is 0 Å². The minimum atomic E-state index is -3.89. The minimum absolute atomic E-state index is 0.0175. The van der Waals surface area contributed by atoms with Crippen LogP contribution >= 0.6 is 11.6 Å². The lowest BCUT2D eigenvalue weighted by Gasteiger charge is -2.21. The maximum Gasteiger partial charge on any atom is 0.261 e. The van der Waals surface area contributed by atoms with Crippen LogP contribution in [0.1, 0.15) is 15.9 Å². The van der Waals surface area contributed by atoms with E-state index in [9.17, 15) is 13.2 Å². The number of hydrogen-bond acceptors (Lipinski definition) is 5. The van der Waals surface area contributed by atoms with Gasteiger partial charge in [0, 0.05) is 24.2 Å². The summed E-state index contributed by atoms with van der Waals surface area (Å²) in [4.78, 5) is 14.5. The molecule has 4 rings (SSSR count). The number of ether oxygens (including phenoxy) is 2. The number of nitrogens with one attached hydrogen (secondary N) is 1. The number of anilines is 1. The van der Waals surface area contributed by atoms with E-state index in [4.69, 9.17) is 21.1 Å². The zero-order valence-corrected chi connectivity index (χ0v) is 18.8. The molecule has 166 valence electrons. The molecule has 1 aliphatic heterocycles. The summed E-state index contributed by atoms with van der Waals surface area (Å²) in [6, 6.07) is 17.8. The van der Waals surface area contributed by atoms with Crippen molar-refractivity contribution in [3.05, 3.63) is 82.9 Å². The maximum absolute atomic E-state index is 13.0. The number of amides is 1. The molecule has 0 radical (unpaired) electrons. The van der Waals surface area contributed by atoms with Gasteiger partial charge in [-0.1, -0.05) is 29.8 Å². The normalized spacial score (nSPS) is 12.8. The van der Waals surface area contributed by atoms with Crippen LogP contribution in [0.25, 0.3) is 0 Å². The van der Waals surface area contributed by atoms with Crippen LogP contribution in [0.4, 0.5) is 5.69 Å². The lowest BCUT2D eigenvalue weighted by atomic mass is 10.1. The molecule has 0 spiro atoms. The van der Waals surface area contributed by atoms with Gasteiger partial charge in [0.2, 0.25) is 0 Å². The fraction of sp³-hybridized carbons (Fsp3) is 0.174. The van der Waals surface area contributed by atoms with Crippen molar-refractivity contribution in [2.75, 3.05) is 25.0 Å². The first-order chi connectivity index (χ1) is 15.3. The Labute approximate surface area is 191 Å². The Kier molecular flexibility index (Phi) is 6.25. The highest BCUT2D eigenvalue weighted by molar-refractivity contribution is 7.92. The van der Waals surface area contributed by atoms with Gasteiger partial charge in [-0.15, -0.1) is 0 Å². The topological polar surface area (TPSA) is 84.9 Å². The molecule has 3 aromatic rings. The summed E-state index contributed by atoms with van der Waals surface area (Å²) in [5.74, 6) is 1.02. The van der Waals surface area contributed by atoms with Gasteiger partial charge in [0.1, 0.15) is 13.2 Å². The number of carbonyl (C=O) groups is 1. The molecule has 1 aliphatic rings. The van der Waals surface area contributed by atoms with Gasteiger partial charge in [0.15, 0.2) is 11.5 Å². The summed E-state index contributed by atoms with van der Waals surface area (Å²) in [5, 5.41) is 0.412. The summed E-state index contributed by atoms with van der Waals surface area (Å²) < 4.78 is 39.1. The van der Waals surface area contributed by atoms with Crippen molar-refractivity contribution in [2.24, 2.45) is 0 Å². The molecule has 0 unspecified atom stereocenters. The molecule has 1 amide bonds. The van der Waals surface area contributed by atoms with Crippen molar-refractivity contribution in [1.82, 2.24) is 4.90 Å². The molecule has 9 heteroatoms. The molecular weight excluding hydrogens is 452 g/mol. The van der Waals surface area contributed by atoms with E-state index in [2.05, 4.69) is 4.72 Å². The number of fused-ring (bicyclic) bond motifs is 1. The van der Waals surface area contributed by atoms with Crippen LogP contribution < -0.4 is 14.2 Å². The van der Waals surface area contributed by atoms with Crippen molar-refractivity contribution < 1.29 is 22.7 Å². The zero-order valence-electron chi connectivity index (χ0n) is 17.2. The average molecular weight is 473 g/mol. The fourth-order valence-corrected chi connectivity index (χ4v) is 4.60. The summed E-state index contributed by atoms with van der Waals surface area (Å²) >= 11 is 5.93. The van der Waals surface area contributed by atoms with Crippen molar-refractivity contribution >= 4 is 33.2 Å². The van der Waals surface area contributed by atoms with Gasteiger partial charge >= 0.3 is 0 Å². The molecule has 0 aliphatic carbocycles. The number of halogens is 1. The van der Waals surface area contributed by atoms with Crippen molar-refractivity contribution in [1.29, 1.82) is 0 Å². The molecule has 7 nitrogen and oxygen atoms in total. The second-order valence-corrected chi connectivity index (χ2v) is 9.40. The van der Waals surface area contributed by atoms with Crippen LogP contribution in [-0.2, 0) is 16.6 Å². The number of benzene rings is 3. The van der Waals surface area contributed by atoms with Gasteiger partial charge in [-0.05, 0) is 54.1 Å². The maximum atomic E-state index is 13.0. The van der Waals surface area contributed by atoms with Crippen molar-refractivity contribution in [2.45, 2.75) is 11.4 Å². The van der Waals surface area contributed by atoms with E-state index in [0.717, 1.165) is 5.56 Å². The Morgan fingerprint density at radius 3 is 2.53 bits per heavy atom. The van der Waals surface area contributed by atoms with Crippen LogP contribution in [0.3, 0.4) is 0 Å². The average Bonchev–Trinajstić information content (AvgIpc) is 2.78. The third-order valence-corrected chi connectivity index (χ3v) is 6.46. The van der Waals surface area contributed by atoms with E-state index < -0.39 is 10.0 Å². The molecule has 0 bridgehead atoms. The molecular formula is C23H21ClN2O5S. The summed E-state index contributed by atoms with van der Waals surface area (Å²) in [6.45, 7) is 1.32. The molecule has 32 heavy (non-hydrogen) atoms.